The van der Waals surface area contributed by atoms with Gasteiger partial charge in [-0.25, -0.2) is 0 Å². The Hall–Kier alpha value is -0.780. The lowest BCUT2D eigenvalue weighted by molar-refractivity contribution is 1.08. The number of hydrogen-bond acceptors (Lipinski definition) is 0. The number of hydrogen-bond donors (Lipinski definition) is 0. The zero-order chi connectivity index (χ0) is 7.40. The van der Waals surface area contributed by atoms with Crippen molar-refractivity contribution in [1.29, 1.82) is 0 Å². The third kappa shape index (κ3) is 1.60. The van der Waals surface area contributed by atoms with E-state index in [1.54, 1.807) is 0 Å². The van der Waals surface area contributed by atoms with Gasteiger partial charge in [-0.1, -0.05) is 32.0 Å². The number of rotatable bonds is 2. The van der Waals surface area contributed by atoms with Crippen LogP contribution in [0, 0.1) is 6.07 Å². The van der Waals surface area contributed by atoms with E-state index in [0.29, 0.717) is 0 Å². The SMILES string of the molecule is CCc1[c]ccc(CC)c1. The van der Waals surface area contributed by atoms with Crippen LogP contribution in [0.4, 0.5) is 0 Å². The summed E-state index contributed by atoms with van der Waals surface area (Å²) in [6.07, 6.45) is 2.22. The molecule has 0 aliphatic rings. The molecule has 53 valence electrons. The van der Waals surface area contributed by atoms with Crippen LogP contribution < -0.4 is 0 Å². The minimum atomic E-state index is 1.09. The van der Waals surface area contributed by atoms with E-state index in [0.717, 1.165) is 12.8 Å². The van der Waals surface area contributed by atoms with E-state index in [9.17, 15) is 0 Å². The van der Waals surface area contributed by atoms with Gasteiger partial charge in [-0.2, -0.15) is 0 Å². The molecular formula is C10H13. The van der Waals surface area contributed by atoms with Crippen molar-refractivity contribution in [2.45, 2.75) is 26.7 Å². The fourth-order valence-electron chi connectivity index (χ4n) is 0.993. The Morgan fingerprint density at radius 1 is 1.30 bits per heavy atom. The Labute approximate surface area is 62.9 Å². The lowest BCUT2D eigenvalue weighted by Crippen LogP contribution is -1.83. The highest BCUT2D eigenvalue weighted by Gasteiger charge is 1.90. The summed E-state index contributed by atoms with van der Waals surface area (Å²) in [7, 11) is 0. The molecule has 0 unspecified atom stereocenters. The van der Waals surface area contributed by atoms with Crippen LogP contribution in [0.15, 0.2) is 18.2 Å². The van der Waals surface area contributed by atoms with Crippen molar-refractivity contribution in [2.75, 3.05) is 0 Å². The van der Waals surface area contributed by atoms with Gasteiger partial charge in [-0.05, 0) is 30.0 Å². The molecule has 0 atom stereocenters. The van der Waals surface area contributed by atoms with Crippen LogP contribution in [0.3, 0.4) is 0 Å². The zero-order valence-corrected chi connectivity index (χ0v) is 6.65. The van der Waals surface area contributed by atoms with E-state index < -0.39 is 0 Å². The van der Waals surface area contributed by atoms with E-state index in [4.69, 9.17) is 0 Å². The Morgan fingerprint density at radius 2 is 2.10 bits per heavy atom. The van der Waals surface area contributed by atoms with Crippen LogP contribution in [-0.2, 0) is 12.8 Å². The molecule has 0 spiro atoms. The van der Waals surface area contributed by atoms with Crippen molar-refractivity contribution < 1.29 is 0 Å². The summed E-state index contributed by atoms with van der Waals surface area (Å²) in [5.41, 5.74) is 2.73. The molecule has 0 aromatic heterocycles. The monoisotopic (exact) mass is 133 g/mol. The summed E-state index contributed by atoms with van der Waals surface area (Å²) < 4.78 is 0. The quantitative estimate of drug-likeness (QED) is 0.581. The van der Waals surface area contributed by atoms with Gasteiger partial charge < -0.3 is 0 Å². The molecule has 0 heterocycles. The minimum absolute atomic E-state index is 1.09. The average molecular weight is 133 g/mol. The van der Waals surface area contributed by atoms with Gasteiger partial charge in [0.1, 0.15) is 0 Å². The maximum atomic E-state index is 3.19. The van der Waals surface area contributed by atoms with Gasteiger partial charge in [0.25, 0.3) is 0 Å². The molecule has 1 aromatic rings. The molecule has 0 aliphatic carbocycles. The molecule has 0 saturated heterocycles. The summed E-state index contributed by atoms with van der Waals surface area (Å²) in [6, 6.07) is 9.55. The van der Waals surface area contributed by atoms with Crippen molar-refractivity contribution in [1.82, 2.24) is 0 Å². The molecule has 0 N–H and O–H groups in total. The zero-order valence-electron chi connectivity index (χ0n) is 6.65. The first kappa shape index (κ1) is 7.33. The topological polar surface area (TPSA) is 0 Å². The van der Waals surface area contributed by atoms with E-state index >= 15 is 0 Å². The fraction of sp³-hybridized carbons (Fsp3) is 0.400. The fourth-order valence-corrected chi connectivity index (χ4v) is 0.993. The summed E-state index contributed by atoms with van der Waals surface area (Å²) in [4.78, 5) is 0. The second-order valence-electron chi connectivity index (χ2n) is 2.43. The Bertz CT molecular complexity index is 182. The van der Waals surface area contributed by atoms with Crippen molar-refractivity contribution >= 4 is 0 Å². The molecule has 10 heavy (non-hydrogen) atoms. The van der Waals surface area contributed by atoms with E-state index in [2.05, 4.69) is 32.0 Å². The maximum Gasteiger partial charge on any atom is -0.0149 e. The van der Waals surface area contributed by atoms with Gasteiger partial charge in [0.05, 0.1) is 0 Å². The number of benzene rings is 1. The summed E-state index contributed by atoms with van der Waals surface area (Å²) in [5.74, 6) is 0. The smallest absolute Gasteiger partial charge is 0.0149 e. The molecule has 0 fully saturated rings. The van der Waals surface area contributed by atoms with Crippen LogP contribution in [0.2, 0.25) is 0 Å². The Morgan fingerprint density at radius 3 is 2.70 bits per heavy atom. The Balaban J connectivity index is 2.87. The largest absolute Gasteiger partial charge is 0.0613 e. The molecule has 0 saturated carbocycles. The average Bonchev–Trinajstić information content (AvgIpc) is 2.05. The first-order chi connectivity index (χ1) is 4.86. The van der Waals surface area contributed by atoms with E-state index in [1.807, 2.05) is 6.07 Å². The highest BCUT2D eigenvalue weighted by Crippen LogP contribution is 2.04. The third-order valence-electron chi connectivity index (χ3n) is 1.71. The molecule has 0 heteroatoms. The first-order valence-corrected chi connectivity index (χ1v) is 3.86. The molecule has 0 bridgehead atoms. The van der Waals surface area contributed by atoms with Crippen LogP contribution in [0.1, 0.15) is 25.0 Å². The molecule has 0 aliphatic heterocycles. The van der Waals surface area contributed by atoms with Crippen molar-refractivity contribution in [3.63, 3.8) is 0 Å². The summed E-state index contributed by atoms with van der Waals surface area (Å²) in [5, 5.41) is 0. The van der Waals surface area contributed by atoms with Crippen LogP contribution in [-0.4, -0.2) is 0 Å². The Kier molecular flexibility index (Phi) is 2.49. The molecule has 0 amide bonds. The molecular weight excluding hydrogens is 120 g/mol. The molecule has 1 radical (unpaired) electrons. The highest BCUT2D eigenvalue weighted by atomic mass is 13.9. The standard InChI is InChI=1S/C10H13/c1-3-9-6-5-7-10(4-2)8-9/h5-6,8H,3-4H2,1-2H3. The lowest BCUT2D eigenvalue weighted by Gasteiger charge is -1.97. The number of aryl methyl sites for hydroxylation is 2. The van der Waals surface area contributed by atoms with Crippen molar-refractivity contribution in [3.8, 4) is 0 Å². The summed E-state index contributed by atoms with van der Waals surface area (Å²) in [6.45, 7) is 4.33. The van der Waals surface area contributed by atoms with Gasteiger partial charge >= 0.3 is 0 Å². The van der Waals surface area contributed by atoms with Gasteiger partial charge in [0.15, 0.2) is 0 Å². The van der Waals surface area contributed by atoms with E-state index in [-0.39, 0.29) is 0 Å². The predicted molar refractivity (Wildman–Crippen MR) is 44.0 cm³/mol. The first-order valence-electron chi connectivity index (χ1n) is 3.86. The third-order valence-corrected chi connectivity index (χ3v) is 1.71. The maximum absolute atomic E-state index is 3.19. The lowest BCUT2D eigenvalue weighted by atomic mass is 10.1. The minimum Gasteiger partial charge on any atom is -0.0613 e. The molecule has 1 aromatic carbocycles. The highest BCUT2D eigenvalue weighted by molar-refractivity contribution is 5.21. The second kappa shape index (κ2) is 3.40. The predicted octanol–water partition coefficient (Wildman–Crippen LogP) is 2.61. The van der Waals surface area contributed by atoms with Gasteiger partial charge in [0, 0.05) is 0 Å². The molecule has 1 rings (SSSR count). The normalized spacial score (nSPS) is 9.80. The van der Waals surface area contributed by atoms with E-state index in [1.165, 1.54) is 11.1 Å². The van der Waals surface area contributed by atoms with Crippen LogP contribution in [0.5, 0.6) is 0 Å². The van der Waals surface area contributed by atoms with Gasteiger partial charge in [-0.3, -0.25) is 0 Å². The van der Waals surface area contributed by atoms with Crippen LogP contribution in [0.25, 0.3) is 0 Å². The van der Waals surface area contributed by atoms with Crippen molar-refractivity contribution in [2.24, 2.45) is 0 Å². The second-order valence-corrected chi connectivity index (χ2v) is 2.43. The van der Waals surface area contributed by atoms with Crippen LogP contribution >= 0.6 is 0 Å². The molecule has 0 nitrogen and oxygen atoms in total. The van der Waals surface area contributed by atoms with Gasteiger partial charge in [-0.15, -0.1) is 0 Å². The van der Waals surface area contributed by atoms with Crippen molar-refractivity contribution in [3.05, 3.63) is 35.4 Å². The van der Waals surface area contributed by atoms with Gasteiger partial charge in [0.2, 0.25) is 0 Å². The summed E-state index contributed by atoms with van der Waals surface area (Å²) >= 11 is 0.